The van der Waals surface area contributed by atoms with E-state index in [1.165, 1.54) is 6.42 Å². The summed E-state index contributed by atoms with van der Waals surface area (Å²) < 4.78 is 0. The number of hydrogen-bond donors (Lipinski definition) is 3. The lowest BCUT2D eigenvalue weighted by Crippen LogP contribution is -2.30. The van der Waals surface area contributed by atoms with Gasteiger partial charge >= 0.3 is 0 Å². The quantitative estimate of drug-likeness (QED) is 0.596. The maximum Gasteiger partial charge on any atom is 0.0564 e. The predicted octanol–water partition coefficient (Wildman–Crippen LogP) is 0.364. The van der Waals surface area contributed by atoms with E-state index in [0.29, 0.717) is 5.92 Å². The Morgan fingerprint density at radius 2 is 1.92 bits per heavy atom. The van der Waals surface area contributed by atoms with E-state index in [9.17, 15) is 10.2 Å². The second-order valence-electron chi connectivity index (χ2n) is 4.24. The van der Waals surface area contributed by atoms with Gasteiger partial charge in [0.1, 0.15) is 0 Å². The van der Waals surface area contributed by atoms with Gasteiger partial charge in [-0.25, -0.2) is 0 Å². The highest BCUT2D eigenvalue weighted by Gasteiger charge is 2.26. The summed E-state index contributed by atoms with van der Waals surface area (Å²) in [6, 6.07) is 0. The average molecular weight is 187 g/mol. The highest BCUT2D eigenvalue weighted by atomic mass is 16.3. The summed E-state index contributed by atoms with van der Waals surface area (Å²) in [6.45, 7) is 5.65. The lowest BCUT2D eigenvalue weighted by atomic mass is 9.87. The number of rotatable bonds is 4. The number of aliphatic hydroxyl groups is 2. The standard InChI is InChI=1S/C10H21NO2/c1-7(12)10(8(2)13)5-9-3-4-11-6-9/h7-13H,3-6H2,1-2H3. The summed E-state index contributed by atoms with van der Waals surface area (Å²) in [4.78, 5) is 0. The van der Waals surface area contributed by atoms with Crippen LogP contribution in [-0.4, -0.2) is 35.5 Å². The van der Waals surface area contributed by atoms with E-state index in [1.807, 2.05) is 0 Å². The maximum atomic E-state index is 9.46. The van der Waals surface area contributed by atoms with E-state index in [2.05, 4.69) is 5.32 Å². The van der Waals surface area contributed by atoms with Crippen LogP contribution in [0.4, 0.5) is 0 Å². The van der Waals surface area contributed by atoms with E-state index < -0.39 is 12.2 Å². The summed E-state index contributed by atoms with van der Waals surface area (Å²) in [7, 11) is 0. The molecule has 3 unspecified atom stereocenters. The molecule has 3 nitrogen and oxygen atoms in total. The molecule has 0 bridgehead atoms. The van der Waals surface area contributed by atoms with Gasteiger partial charge in [-0.1, -0.05) is 0 Å². The molecule has 1 rings (SSSR count). The van der Waals surface area contributed by atoms with Crippen LogP contribution >= 0.6 is 0 Å². The molecule has 1 aliphatic rings. The zero-order chi connectivity index (χ0) is 9.84. The Morgan fingerprint density at radius 3 is 2.31 bits per heavy atom. The lowest BCUT2D eigenvalue weighted by Gasteiger charge is -2.25. The fraction of sp³-hybridized carbons (Fsp3) is 1.00. The molecule has 0 spiro atoms. The Bertz CT molecular complexity index is 134. The van der Waals surface area contributed by atoms with Crippen LogP contribution in [-0.2, 0) is 0 Å². The maximum absolute atomic E-state index is 9.46. The Kier molecular flexibility index (Phi) is 4.16. The molecule has 0 aromatic heterocycles. The minimum absolute atomic E-state index is 0.0323. The van der Waals surface area contributed by atoms with Crippen LogP contribution in [0.5, 0.6) is 0 Å². The van der Waals surface area contributed by atoms with Crippen molar-refractivity contribution in [3.8, 4) is 0 Å². The van der Waals surface area contributed by atoms with E-state index in [4.69, 9.17) is 0 Å². The molecule has 0 aromatic carbocycles. The molecule has 0 radical (unpaired) electrons. The molecule has 0 saturated carbocycles. The Balaban J connectivity index is 2.37. The van der Waals surface area contributed by atoms with E-state index in [0.717, 1.165) is 19.5 Å². The second kappa shape index (κ2) is 4.94. The van der Waals surface area contributed by atoms with Crippen molar-refractivity contribution in [3.63, 3.8) is 0 Å². The molecule has 0 aliphatic carbocycles. The molecular weight excluding hydrogens is 166 g/mol. The van der Waals surface area contributed by atoms with Gasteiger partial charge in [0, 0.05) is 5.92 Å². The third-order valence-electron chi connectivity index (χ3n) is 3.01. The van der Waals surface area contributed by atoms with Crippen molar-refractivity contribution in [1.29, 1.82) is 0 Å². The lowest BCUT2D eigenvalue weighted by molar-refractivity contribution is 0.0196. The summed E-state index contributed by atoms with van der Waals surface area (Å²) in [5.74, 6) is 0.666. The first-order valence-corrected chi connectivity index (χ1v) is 5.18. The van der Waals surface area contributed by atoms with Crippen molar-refractivity contribution in [2.45, 2.75) is 38.9 Å². The molecule has 3 heteroatoms. The van der Waals surface area contributed by atoms with Gasteiger partial charge in [-0.05, 0) is 45.7 Å². The zero-order valence-corrected chi connectivity index (χ0v) is 8.53. The van der Waals surface area contributed by atoms with Crippen LogP contribution in [0.15, 0.2) is 0 Å². The highest BCUT2D eigenvalue weighted by molar-refractivity contribution is 4.79. The zero-order valence-electron chi connectivity index (χ0n) is 8.53. The first-order chi connectivity index (χ1) is 6.11. The molecule has 3 N–H and O–H groups in total. The summed E-state index contributed by atoms with van der Waals surface area (Å²) in [5.41, 5.74) is 0. The van der Waals surface area contributed by atoms with E-state index in [1.54, 1.807) is 13.8 Å². The van der Waals surface area contributed by atoms with Gasteiger partial charge in [0.2, 0.25) is 0 Å². The SMILES string of the molecule is CC(O)C(CC1CCNC1)C(C)O. The number of hydrogen-bond acceptors (Lipinski definition) is 3. The first kappa shape index (κ1) is 11.0. The Morgan fingerprint density at radius 1 is 1.31 bits per heavy atom. The monoisotopic (exact) mass is 187 g/mol. The van der Waals surface area contributed by atoms with Crippen LogP contribution < -0.4 is 5.32 Å². The molecule has 0 aromatic rings. The molecule has 1 aliphatic heterocycles. The van der Waals surface area contributed by atoms with Gasteiger partial charge in [-0.3, -0.25) is 0 Å². The molecule has 13 heavy (non-hydrogen) atoms. The van der Waals surface area contributed by atoms with Crippen LogP contribution in [0.1, 0.15) is 26.7 Å². The van der Waals surface area contributed by atoms with Crippen LogP contribution in [0.3, 0.4) is 0 Å². The van der Waals surface area contributed by atoms with Crippen molar-refractivity contribution < 1.29 is 10.2 Å². The second-order valence-corrected chi connectivity index (χ2v) is 4.24. The summed E-state index contributed by atoms with van der Waals surface area (Å²) >= 11 is 0. The molecule has 1 saturated heterocycles. The molecule has 3 atom stereocenters. The van der Waals surface area contributed by atoms with E-state index in [-0.39, 0.29) is 5.92 Å². The van der Waals surface area contributed by atoms with Gasteiger partial charge in [-0.2, -0.15) is 0 Å². The summed E-state index contributed by atoms with van der Waals surface area (Å²) in [5, 5.41) is 22.2. The third kappa shape index (κ3) is 3.25. The molecule has 1 heterocycles. The molecule has 78 valence electrons. The van der Waals surface area contributed by atoms with Gasteiger partial charge in [0.25, 0.3) is 0 Å². The van der Waals surface area contributed by atoms with Gasteiger partial charge < -0.3 is 15.5 Å². The summed E-state index contributed by atoms with van der Waals surface area (Å²) in [6.07, 6.45) is 1.30. The minimum Gasteiger partial charge on any atom is -0.393 e. The van der Waals surface area contributed by atoms with Gasteiger partial charge in [-0.15, -0.1) is 0 Å². The molecule has 0 amide bonds. The van der Waals surface area contributed by atoms with Crippen LogP contribution in [0, 0.1) is 11.8 Å². The third-order valence-corrected chi connectivity index (χ3v) is 3.01. The van der Waals surface area contributed by atoms with Crippen molar-refractivity contribution in [2.24, 2.45) is 11.8 Å². The van der Waals surface area contributed by atoms with Crippen molar-refractivity contribution in [1.82, 2.24) is 5.32 Å². The average Bonchev–Trinajstić information content (AvgIpc) is 2.50. The predicted molar refractivity (Wildman–Crippen MR) is 52.4 cm³/mol. The fourth-order valence-corrected chi connectivity index (χ4v) is 2.10. The highest BCUT2D eigenvalue weighted by Crippen LogP contribution is 2.23. The Hall–Kier alpha value is -0.120. The van der Waals surface area contributed by atoms with Gasteiger partial charge in [0.15, 0.2) is 0 Å². The number of nitrogens with one attached hydrogen (secondary N) is 1. The normalized spacial score (nSPS) is 30.0. The van der Waals surface area contributed by atoms with Gasteiger partial charge in [0.05, 0.1) is 12.2 Å². The van der Waals surface area contributed by atoms with Crippen LogP contribution in [0.2, 0.25) is 0 Å². The van der Waals surface area contributed by atoms with E-state index >= 15 is 0 Å². The molecular formula is C10H21NO2. The minimum atomic E-state index is -0.402. The number of aliphatic hydroxyl groups excluding tert-OH is 2. The Labute approximate surface area is 80.2 Å². The molecule has 1 fully saturated rings. The largest absolute Gasteiger partial charge is 0.393 e. The first-order valence-electron chi connectivity index (χ1n) is 5.18. The van der Waals surface area contributed by atoms with Crippen molar-refractivity contribution in [2.75, 3.05) is 13.1 Å². The van der Waals surface area contributed by atoms with Crippen molar-refractivity contribution in [3.05, 3.63) is 0 Å². The topological polar surface area (TPSA) is 52.5 Å². The smallest absolute Gasteiger partial charge is 0.0564 e. The fourth-order valence-electron chi connectivity index (χ4n) is 2.10. The van der Waals surface area contributed by atoms with Crippen molar-refractivity contribution >= 4 is 0 Å². The van der Waals surface area contributed by atoms with Crippen LogP contribution in [0.25, 0.3) is 0 Å².